The van der Waals surface area contributed by atoms with E-state index in [-0.39, 0.29) is 6.61 Å². The van der Waals surface area contributed by atoms with E-state index in [2.05, 4.69) is 19.2 Å². The van der Waals surface area contributed by atoms with Crippen molar-refractivity contribution in [3.63, 3.8) is 0 Å². The molecule has 4 nitrogen and oxygen atoms in total. The molecule has 2 rings (SSSR count). The summed E-state index contributed by atoms with van der Waals surface area (Å²) < 4.78 is 10.7. The van der Waals surface area contributed by atoms with Crippen molar-refractivity contribution in [3.8, 4) is 11.5 Å². The van der Waals surface area contributed by atoms with Crippen LogP contribution in [0.2, 0.25) is 0 Å². The number of hydrogen-bond donors (Lipinski definition) is 2. The lowest BCUT2D eigenvalue weighted by molar-refractivity contribution is 0.103. The number of benzene rings is 1. The van der Waals surface area contributed by atoms with Gasteiger partial charge in [-0.3, -0.25) is 0 Å². The maximum absolute atomic E-state index is 9.98. The zero-order valence-electron chi connectivity index (χ0n) is 13.3. The highest BCUT2D eigenvalue weighted by atomic mass is 16.5. The topological polar surface area (TPSA) is 50.7 Å². The molecular formula is C17H27NO3. The monoisotopic (exact) mass is 293 g/mol. The van der Waals surface area contributed by atoms with Crippen molar-refractivity contribution in [2.24, 2.45) is 5.41 Å². The summed E-state index contributed by atoms with van der Waals surface area (Å²) in [7, 11) is 1.62. The molecule has 4 heteroatoms. The summed E-state index contributed by atoms with van der Waals surface area (Å²) in [6.07, 6.45) is 3.34. The van der Waals surface area contributed by atoms with Crippen molar-refractivity contribution in [1.29, 1.82) is 0 Å². The van der Waals surface area contributed by atoms with Crippen LogP contribution in [0.4, 0.5) is 0 Å². The molecule has 0 aliphatic heterocycles. The van der Waals surface area contributed by atoms with Crippen LogP contribution in [0, 0.1) is 5.41 Å². The summed E-state index contributed by atoms with van der Waals surface area (Å²) in [6, 6.07) is 7.85. The molecule has 0 bridgehead atoms. The van der Waals surface area contributed by atoms with Gasteiger partial charge in [0.2, 0.25) is 0 Å². The molecule has 1 fully saturated rings. The number of nitrogens with one attached hydrogen (secondary N) is 1. The first-order chi connectivity index (χ1) is 10.0. The molecule has 118 valence electrons. The summed E-state index contributed by atoms with van der Waals surface area (Å²) in [4.78, 5) is 0. The van der Waals surface area contributed by atoms with Crippen LogP contribution in [0.25, 0.3) is 0 Å². The molecule has 1 saturated carbocycles. The molecule has 1 aliphatic rings. The Morgan fingerprint density at radius 2 is 2.05 bits per heavy atom. The minimum atomic E-state index is -0.509. The van der Waals surface area contributed by atoms with Crippen molar-refractivity contribution in [3.05, 3.63) is 24.3 Å². The maximum Gasteiger partial charge on any atom is 0.123 e. The number of methoxy groups -OCH3 is 1. The third-order valence-corrected chi connectivity index (χ3v) is 4.09. The normalized spacial score (nSPS) is 18.9. The van der Waals surface area contributed by atoms with Gasteiger partial charge in [0.15, 0.2) is 0 Å². The molecule has 0 aromatic heterocycles. The molecule has 0 radical (unpaired) electrons. The Kier molecular flexibility index (Phi) is 5.48. The summed E-state index contributed by atoms with van der Waals surface area (Å²) in [5.74, 6) is 1.47. The number of aliphatic hydroxyl groups is 1. The minimum Gasteiger partial charge on any atom is -0.497 e. The number of rotatable bonds is 9. The van der Waals surface area contributed by atoms with E-state index >= 15 is 0 Å². The van der Waals surface area contributed by atoms with Crippen LogP contribution in [0.15, 0.2) is 24.3 Å². The van der Waals surface area contributed by atoms with Gasteiger partial charge in [-0.15, -0.1) is 0 Å². The van der Waals surface area contributed by atoms with Gasteiger partial charge in [0.25, 0.3) is 0 Å². The quantitative estimate of drug-likeness (QED) is 0.735. The van der Waals surface area contributed by atoms with Gasteiger partial charge < -0.3 is 19.9 Å². The largest absolute Gasteiger partial charge is 0.497 e. The molecule has 2 atom stereocenters. The Morgan fingerprint density at radius 3 is 2.71 bits per heavy atom. The second-order valence-corrected chi connectivity index (χ2v) is 6.47. The van der Waals surface area contributed by atoms with Crippen LogP contribution in [0.3, 0.4) is 0 Å². The standard InChI is InChI=1S/C17H27NO3/c1-13(10-17(2)7-8-17)18-11-14(19)12-21-16-6-4-5-15(9-16)20-3/h4-6,9,13-14,18-19H,7-8,10-12H2,1-3H3/t13-,14+/m0/s1. The molecule has 1 aliphatic carbocycles. The van der Waals surface area contributed by atoms with Crippen LogP contribution in [0.5, 0.6) is 11.5 Å². The smallest absolute Gasteiger partial charge is 0.123 e. The average Bonchev–Trinajstić information content (AvgIpc) is 3.20. The summed E-state index contributed by atoms with van der Waals surface area (Å²) in [5.41, 5.74) is 0.536. The van der Waals surface area contributed by atoms with Crippen LogP contribution >= 0.6 is 0 Å². The predicted molar refractivity (Wildman–Crippen MR) is 83.9 cm³/mol. The first kappa shape index (κ1) is 16.1. The van der Waals surface area contributed by atoms with Gasteiger partial charge in [0.05, 0.1) is 7.11 Å². The highest BCUT2D eigenvalue weighted by Gasteiger charge is 2.38. The molecule has 0 unspecified atom stereocenters. The first-order valence-corrected chi connectivity index (χ1v) is 7.69. The predicted octanol–water partition coefficient (Wildman–Crippen LogP) is 2.60. The summed E-state index contributed by atoms with van der Waals surface area (Å²) >= 11 is 0. The Bertz CT molecular complexity index is 445. The summed E-state index contributed by atoms with van der Waals surface area (Å²) in [6.45, 7) is 5.35. The summed E-state index contributed by atoms with van der Waals surface area (Å²) in [5, 5.41) is 13.4. The molecule has 0 saturated heterocycles. The third kappa shape index (κ3) is 5.56. The SMILES string of the molecule is COc1cccc(OC[C@H](O)CN[C@@H](C)CC2(C)CC2)c1. The van der Waals surface area contributed by atoms with Crippen molar-refractivity contribution >= 4 is 0 Å². The fourth-order valence-electron chi connectivity index (χ4n) is 2.51. The molecular weight excluding hydrogens is 266 g/mol. The highest BCUT2D eigenvalue weighted by molar-refractivity contribution is 5.32. The van der Waals surface area contributed by atoms with Gasteiger partial charge >= 0.3 is 0 Å². The van der Waals surface area contributed by atoms with E-state index in [1.807, 2.05) is 24.3 Å². The molecule has 1 aromatic rings. The Labute approximate surface area is 127 Å². The van der Waals surface area contributed by atoms with Crippen molar-refractivity contribution in [2.75, 3.05) is 20.3 Å². The van der Waals surface area contributed by atoms with E-state index < -0.39 is 6.10 Å². The average molecular weight is 293 g/mol. The van der Waals surface area contributed by atoms with E-state index in [0.29, 0.717) is 23.8 Å². The van der Waals surface area contributed by atoms with Gasteiger partial charge in [0.1, 0.15) is 24.2 Å². The lowest BCUT2D eigenvalue weighted by atomic mass is 10.0. The van der Waals surface area contributed by atoms with E-state index in [9.17, 15) is 5.11 Å². The molecule has 1 aromatic carbocycles. The number of ether oxygens (including phenoxy) is 2. The maximum atomic E-state index is 9.98. The molecule has 21 heavy (non-hydrogen) atoms. The van der Waals surface area contributed by atoms with Crippen molar-refractivity contribution in [2.45, 2.75) is 45.3 Å². The second-order valence-electron chi connectivity index (χ2n) is 6.47. The Hall–Kier alpha value is -1.26. The zero-order valence-corrected chi connectivity index (χ0v) is 13.3. The first-order valence-electron chi connectivity index (χ1n) is 7.69. The fraction of sp³-hybridized carbons (Fsp3) is 0.647. The van der Waals surface area contributed by atoms with E-state index in [4.69, 9.17) is 9.47 Å². The van der Waals surface area contributed by atoms with Gasteiger partial charge in [-0.2, -0.15) is 0 Å². The van der Waals surface area contributed by atoms with E-state index in [1.165, 1.54) is 19.3 Å². The molecule has 0 amide bonds. The van der Waals surface area contributed by atoms with Gasteiger partial charge in [-0.25, -0.2) is 0 Å². The second kappa shape index (κ2) is 7.14. The Morgan fingerprint density at radius 1 is 1.33 bits per heavy atom. The van der Waals surface area contributed by atoms with Crippen LogP contribution in [-0.2, 0) is 0 Å². The number of aliphatic hydroxyl groups excluding tert-OH is 1. The van der Waals surface area contributed by atoms with Crippen LogP contribution in [-0.4, -0.2) is 37.5 Å². The van der Waals surface area contributed by atoms with Crippen molar-refractivity contribution < 1.29 is 14.6 Å². The fourth-order valence-corrected chi connectivity index (χ4v) is 2.51. The van der Waals surface area contributed by atoms with Crippen LogP contribution < -0.4 is 14.8 Å². The third-order valence-electron chi connectivity index (χ3n) is 4.09. The van der Waals surface area contributed by atoms with Gasteiger partial charge in [0, 0.05) is 18.7 Å². The van der Waals surface area contributed by atoms with Gasteiger partial charge in [-0.1, -0.05) is 13.0 Å². The Balaban J connectivity index is 1.65. The highest BCUT2D eigenvalue weighted by Crippen LogP contribution is 2.48. The zero-order chi connectivity index (χ0) is 15.3. The number of hydrogen-bond acceptors (Lipinski definition) is 4. The molecule has 0 heterocycles. The lowest BCUT2D eigenvalue weighted by Gasteiger charge is -2.20. The minimum absolute atomic E-state index is 0.282. The van der Waals surface area contributed by atoms with E-state index in [1.54, 1.807) is 7.11 Å². The van der Waals surface area contributed by atoms with Crippen LogP contribution in [0.1, 0.15) is 33.1 Å². The molecule has 0 spiro atoms. The van der Waals surface area contributed by atoms with Crippen molar-refractivity contribution in [1.82, 2.24) is 5.32 Å². The molecule has 2 N–H and O–H groups in total. The lowest BCUT2D eigenvalue weighted by Crippen LogP contribution is -2.37. The van der Waals surface area contributed by atoms with Gasteiger partial charge in [-0.05, 0) is 43.7 Å². The van der Waals surface area contributed by atoms with E-state index in [0.717, 1.165) is 5.75 Å².